The summed E-state index contributed by atoms with van der Waals surface area (Å²) in [6, 6.07) is 13.5. The summed E-state index contributed by atoms with van der Waals surface area (Å²) in [6.07, 6.45) is 15.7. The minimum absolute atomic E-state index is 0. The lowest BCUT2D eigenvalue weighted by atomic mass is 10.1. The Morgan fingerprint density at radius 3 is 2.20 bits per heavy atom. The average molecular weight is 634 g/mol. The molecule has 7 heteroatoms. The first-order valence-electron chi connectivity index (χ1n) is 14.9. The Balaban J connectivity index is 0.00000560. The van der Waals surface area contributed by atoms with Crippen LogP contribution < -0.4 is 14.8 Å². The number of methoxy groups -OCH3 is 1. The van der Waals surface area contributed by atoms with Crippen LogP contribution in [0.1, 0.15) is 107 Å². The Morgan fingerprint density at radius 2 is 1.57 bits per heavy atom. The van der Waals surface area contributed by atoms with Crippen molar-refractivity contribution in [1.29, 1.82) is 0 Å². The van der Waals surface area contributed by atoms with E-state index in [-0.39, 0.29) is 22.9 Å². The third-order valence-electron chi connectivity index (χ3n) is 7.24. The quantitative estimate of drug-likeness (QED) is 0.156. The lowest BCUT2D eigenvalue weighted by Crippen LogP contribution is -2.18. The van der Waals surface area contributed by atoms with Gasteiger partial charge in [0.05, 0.1) is 25.3 Å². The van der Waals surface area contributed by atoms with Crippen LogP contribution in [0, 0.1) is 0 Å². The third kappa shape index (κ3) is 11.8. The second kappa shape index (κ2) is 19.9. The number of nitrogens with one attached hydrogen (secondary N) is 1. The molecule has 0 atom stereocenters. The van der Waals surface area contributed by atoms with Crippen LogP contribution in [-0.4, -0.2) is 30.4 Å². The molecule has 0 aromatic heterocycles. The summed E-state index contributed by atoms with van der Waals surface area (Å²) in [7, 11) is 1.63. The monoisotopic (exact) mass is 632 g/mol. The summed E-state index contributed by atoms with van der Waals surface area (Å²) < 4.78 is 11.7. The SMILES string of the molecule is Br.CCCCCCCCCCCCCCOc1c(NC(=O)c2cccc(CN3CSC=C3C)c2)cccc1OC. The van der Waals surface area contributed by atoms with Gasteiger partial charge in [-0.15, -0.1) is 28.7 Å². The molecule has 2 aromatic rings. The smallest absolute Gasteiger partial charge is 0.255 e. The zero-order valence-corrected chi connectivity index (χ0v) is 27.2. The number of carbonyl (C=O) groups is 1. The van der Waals surface area contributed by atoms with E-state index in [1.54, 1.807) is 18.9 Å². The fourth-order valence-corrected chi connectivity index (χ4v) is 5.80. The standard InChI is InChI=1S/C33H48N2O3S.BrH/c1-4-5-6-7-8-9-10-11-12-13-14-15-22-38-32-30(20-17-21-31(32)37-3)34-33(36)29-19-16-18-28(23-29)24-35-26-39-25-27(35)2;/h16-21,23,25H,4-15,22,24,26H2,1-3H3,(H,34,36);1H. The van der Waals surface area contributed by atoms with Crippen molar-refractivity contribution in [2.24, 2.45) is 0 Å². The lowest BCUT2D eigenvalue weighted by Gasteiger charge is -2.19. The lowest BCUT2D eigenvalue weighted by molar-refractivity contribution is 0.102. The van der Waals surface area contributed by atoms with Crippen molar-refractivity contribution < 1.29 is 14.3 Å². The molecule has 0 spiro atoms. The molecule has 3 rings (SSSR count). The van der Waals surface area contributed by atoms with Gasteiger partial charge in [0.2, 0.25) is 0 Å². The molecule has 0 saturated heterocycles. The Kier molecular flexibility index (Phi) is 16.9. The second-order valence-electron chi connectivity index (χ2n) is 10.5. The molecule has 1 aliphatic rings. The van der Waals surface area contributed by atoms with Crippen LogP contribution in [0.5, 0.6) is 11.5 Å². The number of halogens is 1. The Hall–Kier alpha value is -2.12. The average Bonchev–Trinajstić information content (AvgIpc) is 3.35. The van der Waals surface area contributed by atoms with E-state index in [0.29, 0.717) is 29.4 Å². The molecule has 0 radical (unpaired) electrons. The number of ether oxygens (including phenoxy) is 2. The predicted molar refractivity (Wildman–Crippen MR) is 176 cm³/mol. The molecule has 0 aliphatic carbocycles. The molecule has 2 aromatic carbocycles. The first kappa shape index (κ1) is 34.1. The van der Waals surface area contributed by atoms with Gasteiger partial charge in [-0.25, -0.2) is 0 Å². The molecule has 0 unspecified atom stereocenters. The first-order valence-corrected chi connectivity index (χ1v) is 15.9. The fourth-order valence-electron chi connectivity index (χ4n) is 4.86. The maximum absolute atomic E-state index is 13.2. The summed E-state index contributed by atoms with van der Waals surface area (Å²) in [4.78, 5) is 15.5. The number of anilines is 1. The van der Waals surface area contributed by atoms with Crippen LogP contribution in [0.4, 0.5) is 5.69 Å². The maximum Gasteiger partial charge on any atom is 0.255 e. The third-order valence-corrected chi connectivity index (χ3v) is 8.21. The molecule has 5 nitrogen and oxygen atoms in total. The zero-order valence-electron chi connectivity index (χ0n) is 24.7. The van der Waals surface area contributed by atoms with E-state index in [0.717, 1.165) is 30.8 Å². The number of amides is 1. The van der Waals surface area contributed by atoms with E-state index in [1.165, 1.54) is 69.9 Å². The van der Waals surface area contributed by atoms with E-state index in [2.05, 4.69) is 35.5 Å². The van der Waals surface area contributed by atoms with Crippen molar-refractivity contribution in [2.45, 2.75) is 97.4 Å². The highest BCUT2D eigenvalue weighted by molar-refractivity contribution is 8.93. The van der Waals surface area contributed by atoms with E-state index in [9.17, 15) is 4.79 Å². The van der Waals surface area contributed by atoms with Gasteiger partial charge in [-0.1, -0.05) is 95.8 Å². The molecular formula is C33H49BrN2O3S. The molecule has 0 bridgehead atoms. The Morgan fingerprint density at radius 1 is 0.925 bits per heavy atom. The fraction of sp³-hybridized carbons (Fsp3) is 0.545. The number of carbonyl (C=O) groups excluding carboxylic acids is 1. The molecule has 1 aliphatic heterocycles. The van der Waals surface area contributed by atoms with Gasteiger partial charge in [0.15, 0.2) is 11.5 Å². The van der Waals surface area contributed by atoms with Crippen molar-refractivity contribution in [3.05, 3.63) is 64.7 Å². The maximum atomic E-state index is 13.2. The van der Waals surface area contributed by atoms with Crippen molar-refractivity contribution in [3.63, 3.8) is 0 Å². The van der Waals surface area contributed by atoms with Crippen LogP contribution in [-0.2, 0) is 6.54 Å². The number of thioether (sulfide) groups is 1. The molecule has 40 heavy (non-hydrogen) atoms. The Bertz CT molecular complexity index is 1050. The number of benzene rings is 2. The van der Waals surface area contributed by atoms with Crippen LogP contribution >= 0.6 is 28.7 Å². The Labute approximate surface area is 257 Å². The number of para-hydroxylation sites is 1. The van der Waals surface area contributed by atoms with Crippen molar-refractivity contribution in [2.75, 3.05) is 24.9 Å². The van der Waals surface area contributed by atoms with Crippen LogP contribution in [0.3, 0.4) is 0 Å². The molecule has 222 valence electrons. The van der Waals surface area contributed by atoms with Gasteiger partial charge >= 0.3 is 0 Å². The number of unbranched alkanes of at least 4 members (excludes halogenated alkanes) is 11. The summed E-state index contributed by atoms with van der Waals surface area (Å²) in [5, 5.41) is 5.23. The van der Waals surface area contributed by atoms with Gasteiger partial charge in [-0.05, 0) is 48.6 Å². The highest BCUT2D eigenvalue weighted by Gasteiger charge is 2.16. The molecule has 1 amide bonds. The summed E-state index contributed by atoms with van der Waals surface area (Å²) >= 11 is 1.80. The van der Waals surface area contributed by atoms with E-state index in [1.807, 2.05) is 36.4 Å². The number of hydrogen-bond acceptors (Lipinski definition) is 5. The van der Waals surface area contributed by atoms with Gasteiger partial charge in [0.1, 0.15) is 0 Å². The summed E-state index contributed by atoms with van der Waals surface area (Å²) in [5.74, 6) is 2.03. The minimum atomic E-state index is -0.150. The number of rotatable bonds is 19. The first-order chi connectivity index (χ1) is 19.1. The van der Waals surface area contributed by atoms with Crippen molar-refractivity contribution in [1.82, 2.24) is 4.90 Å². The van der Waals surface area contributed by atoms with E-state index in [4.69, 9.17) is 9.47 Å². The van der Waals surface area contributed by atoms with Crippen molar-refractivity contribution >= 4 is 40.3 Å². The largest absolute Gasteiger partial charge is 0.493 e. The van der Waals surface area contributed by atoms with Gasteiger partial charge in [-0.3, -0.25) is 4.79 Å². The van der Waals surface area contributed by atoms with Gasteiger partial charge in [-0.2, -0.15) is 0 Å². The molecule has 1 N–H and O–H groups in total. The van der Waals surface area contributed by atoms with Crippen LogP contribution in [0.15, 0.2) is 53.6 Å². The van der Waals surface area contributed by atoms with Crippen molar-refractivity contribution in [3.8, 4) is 11.5 Å². The predicted octanol–water partition coefficient (Wildman–Crippen LogP) is 9.97. The molecular weight excluding hydrogens is 584 g/mol. The van der Waals surface area contributed by atoms with Crippen LogP contribution in [0.25, 0.3) is 0 Å². The number of hydrogen-bond donors (Lipinski definition) is 1. The van der Waals surface area contributed by atoms with Gasteiger partial charge in [0.25, 0.3) is 5.91 Å². The molecule has 0 fully saturated rings. The van der Waals surface area contributed by atoms with Crippen LogP contribution in [0.2, 0.25) is 0 Å². The summed E-state index contributed by atoms with van der Waals surface area (Å²) in [5.41, 5.74) is 3.65. The molecule has 1 heterocycles. The minimum Gasteiger partial charge on any atom is -0.493 e. The van der Waals surface area contributed by atoms with Gasteiger partial charge < -0.3 is 19.7 Å². The second-order valence-corrected chi connectivity index (χ2v) is 11.3. The van der Waals surface area contributed by atoms with E-state index >= 15 is 0 Å². The zero-order chi connectivity index (χ0) is 27.7. The normalized spacial score (nSPS) is 12.6. The summed E-state index contributed by atoms with van der Waals surface area (Å²) in [6.45, 7) is 5.80. The van der Waals surface area contributed by atoms with Gasteiger partial charge in [0, 0.05) is 17.8 Å². The van der Waals surface area contributed by atoms with E-state index < -0.39 is 0 Å². The topological polar surface area (TPSA) is 50.8 Å². The number of nitrogens with zero attached hydrogens (tertiary/aromatic N) is 1. The highest BCUT2D eigenvalue weighted by atomic mass is 79.9. The number of allylic oxidation sites excluding steroid dienone is 1. The molecule has 0 saturated carbocycles. The highest BCUT2D eigenvalue weighted by Crippen LogP contribution is 2.36.